The molecule has 2 N–H and O–H groups in total. The summed E-state index contributed by atoms with van der Waals surface area (Å²) in [7, 11) is 1.60. The first kappa shape index (κ1) is 13.1. The highest BCUT2D eigenvalue weighted by Gasteiger charge is 2.02. The summed E-state index contributed by atoms with van der Waals surface area (Å²) in [5.74, 6) is 1.36. The van der Waals surface area contributed by atoms with Gasteiger partial charge < -0.3 is 14.5 Å². The third-order valence-electron chi connectivity index (χ3n) is 2.26. The summed E-state index contributed by atoms with van der Waals surface area (Å²) in [4.78, 5) is 0. The highest BCUT2D eigenvalue weighted by molar-refractivity contribution is 7.80. The van der Waals surface area contributed by atoms with Gasteiger partial charge in [-0.25, -0.2) is 0 Å². The molecule has 0 aliphatic carbocycles. The van der Waals surface area contributed by atoms with Crippen LogP contribution in [0.15, 0.2) is 52.2 Å². The summed E-state index contributed by atoms with van der Waals surface area (Å²) < 4.78 is 10.3. The summed E-state index contributed by atoms with van der Waals surface area (Å²) in [6.45, 7) is 0. The minimum Gasteiger partial charge on any atom is -0.495 e. The molecule has 2 aromatic rings. The molecular weight excluding hydrogens is 262 g/mol. The lowest BCUT2D eigenvalue weighted by atomic mass is 10.3. The predicted octanol–water partition coefficient (Wildman–Crippen LogP) is 2.61. The van der Waals surface area contributed by atoms with Gasteiger partial charge in [0, 0.05) is 0 Å². The monoisotopic (exact) mass is 275 g/mol. The van der Waals surface area contributed by atoms with Crippen LogP contribution < -0.4 is 15.5 Å². The van der Waals surface area contributed by atoms with Crippen molar-refractivity contribution in [1.29, 1.82) is 0 Å². The highest BCUT2D eigenvalue weighted by atomic mass is 32.1. The van der Waals surface area contributed by atoms with E-state index in [4.69, 9.17) is 21.4 Å². The van der Waals surface area contributed by atoms with Crippen LogP contribution in [0, 0.1) is 0 Å². The standard InChI is InChI=1S/C13H13N3O2S/c1-17-12-7-3-2-6-11(12)15-13(19)16-14-9-10-5-4-8-18-10/h2-9H,1H3,(H2,15,16,19)/b14-9-. The Hall–Kier alpha value is -2.34. The van der Waals surface area contributed by atoms with E-state index in [0.717, 1.165) is 5.69 Å². The van der Waals surface area contributed by atoms with Crippen molar-refractivity contribution < 1.29 is 9.15 Å². The Labute approximate surface area is 116 Å². The van der Waals surface area contributed by atoms with Crippen LogP contribution in [0.2, 0.25) is 0 Å². The quantitative estimate of drug-likeness (QED) is 0.510. The van der Waals surface area contributed by atoms with Gasteiger partial charge in [-0.2, -0.15) is 5.10 Å². The highest BCUT2D eigenvalue weighted by Crippen LogP contribution is 2.22. The molecular formula is C13H13N3O2S. The third-order valence-corrected chi connectivity index (χ3v) is 2.45. The number of hydrazone groups is 1. The van der Waals surface area contributed by atoms with Crippen molar-refractivity contribution in [2.24, 2.45) is 5.10 Å². The lowest BCUT2D eigenvalue weighted by molar-refractivity contribution is 0.417. The lowest BCUT2D eigenvalue weighted by Gasteiger charge is -2.10. The van der Waals surface area contributed by atoms with Gasteiger partial charge in [-0.05, 0) is 36.5 Å². The molecule has 0 spiro atoms. The number of ether oxygens (including phenoxy) is 1. The number of benzene rings is 1. The van der Waals surface area contributed by atoms with Gasteiger partial charge in [-0.1, -0.05) is 12.1 Å². The van der Waals surface area contributed by atoms with Crippen molar-refractivity contribution in [3.63, 3.8) is 0 Å². The molecule has 1 heterocycles. The fourth-order valence-electron chi connectivity index (χ4n) is 1.42. The summed E-state index contributed by atoms with van der Waals surface area (Å²) >= 11 is 5.12. The number of anilines is 1. The minimum atomic E-state index is 0.368. The van der Waals surface area contributed by atoms with Crippen LogP contribution in [0.3, 0.4) is 0 Å². The van der Waals surface area contributed by atoms with Crippen LogP contribution in [-0.4, -0.2) is 18.4 Å². The smallest absolute Gasteiger partial charge is 0.191 e. The largest absolute Gasteiger partial charge is 0.495 e. The van der Waals surface area contributed by atoms with Crippen molar-refractivity contribution in [1.82, 2.24) is 5.43 Å². The van der Waals surface area contributed by atoms with Gasteiger partial charge in [-0.3, -0.25) is 5.43 Å². The molecule has 2 rings (SSSR count). The van der Waals surface area contributed by atoms with Crippen LogP contribution in [0.1, 0.15) is 5.76 Å². The molecule has 0 amide bonds. The number of methoxy groups -OCH3 is 1. The zero-order valence-corrected chi connectivity index (χ0v) is 11.1. The Kier molecular flexibility index (Phi) is 4.52. The van der Waals surface area contributed by atoms with E-state index in [1.165, 1.54) is 6.21 Å². The predicted molar refractivity (Wildman–Crippen MR) is 78.7 cm³/mol. The Morgan fingerprint density at radius 2 is 2.16 bits per heavy atom. The van der Waals surface area contributed by atoms with Crippen molar-refractivity contribution in [3.8, 4) is 5.75 Å². The first-order chi connectivity index (χ1) is 9.29. The number of hydrogen-bond donors (Lipinski definition) is 2. The summed E-state index contributed by atoms with van der Waals surface area (Å²) in [5, 5.41) is 7.31. The molecule has 0 aliphatic rings. The molecule has 0 fully saturated rings. The molecule has 0 saturated heterocycles. The summed E-state index contributed by atoms with van der Waals surface area (Å²) in [5.41, 5.74) is 3.47. The average Bonchev–Trinajstić information content (AvgIpc) is 2.92. The second kappa shape index (κ2) is 6.55. The normalized spacial score (nSPS) is 10.4. The fourth-order valence-corrected chi connectivity index (χ4v) is 1.58. The van der Waals surface area contributed by atoms with Gasteiger partial charge in [0.05, 0.1) is 25.3 Å². The Morgan fingerprint density at radius 1 is 1.32 bits per heavy atom. The van der Waals surface area contributed by atoms with Gasteiger partial charge in [0.15, 0.2) is 5.11 Å². The number of furan rings is 1. The number of para-hydroxylation sites is 2. The van der Waals surface area contributed by atoms with Crippen LogP contribution >= 0.6 is 12.2 Å². The molecule has 0 unspecified atom stereocenters. The first-order valence-corrected chi connectivity index (χ1v) is 5.97. The topological polar surface area (TPSA) is 58.8 Å². The summed E-state index contributed by atoms with van der Waals surface area (Å²) in [6.07, 6.45) is 3.11. The molecule has 6 heteroatoms. The Bertz CT molecular complexity index is 567. The molecule has 19 heavy (non-hydrogen) atoms. The van der Waals surface area contributed by atoms with Crippen LogP contribution in [0.25, 0.3) is 0 Å². The zero-order chi connectivity index (χ0) is 13.5. The maximum absolute atomic E-state index is 5.21. The fraction of sp³-hybridized carbons (Fsp3) is 0.0769. The number of thiocarbonyl (C=S) groups is 1. The number of rotatable bonds is 4. The van der Waals surface area contributed by atoms with Gasteiger partial charge >= 0.3 is 0 Å². The van der Waals surface area contributed by atoms with E-state index in [2.05, 4.69) is 15.8 Å². The van der Waals surface area contributed by atoms with Crippen LogP contribution in [0.5, 0.6) is 5.75 Å². The van der Waals surface area contributed by atoms with Crippen LogP contribution in [-0.2, 0) is 0 Å². The van der Waals surface area contributed by atoms with Gasteiger partial charge in [-0.15, -0.1) is 0 Å². The van der Waals surface area contributed by atoms with E-state index in [1.807, 2.05) is 24.3 Å². The molecule has 0 bridgehead atoms. The van der Waals surface area contributed by atoms with E-state index in [0.29, 0.717) is 16.6 Å². The molecule has 0 aliphatic heterocycles. The molecule has 98 valence electrons. The zero-order valence-electron chi connectivity index (χ0n) is 10.3. The number of nitrogens with one attached hydrogen (secondary N) is 2. The lowest BCUT2D eigenvalue weighted by Crippen LogP contribution is -2.24. The SMILES string of the molecule is COc1ccccc1NC(=S)N/N=C\c1ccco1. The van der Waals surface area contributed by atoms with Gasteiger partial charge in [0.1, 0.15) is 11.5 Å². The van der Waals surface area contributed by atoms with Gasteiger partial charge in [0.2, 0.25) is 0 Å². The Balaban J connectivity index is 1.91. The Morgan fingerprint density at radius 3 is 2.89 bits per heavy atom. The second-order valence-electron chi connectivity index (χ2n) is 3.54. The van der Waals surface area contributed by atoms with Crippen molar-refractivity contribution in [3.05, 3.63) is 48.4 Å². The first-order valence-electron chi connectivity index (χ1n) is 5.56. The third kappa shape index (κ3) is 3.82. The molecule has 1 aromatic heterocycles. The van der Waals surface area contributed by atoms with Gasteiger partial charge in [0.25, 0.3) is 0 Å². The molecule has 1 aromatic carbocycles. The maximum Gasteiger partial charge on any atom is 0.191 e. The minimum absolute atomic E-state index is 0.368. The van der Waals surface area contributed by atoms with E-state index < -0.39 is 0 Å². The number of hydrogen-bond acceptors (Lipinski definition) is 4. The number of nitrogens with zero attached hydrogens (tertiary/aromatic N) is 1. The second-order valence-corrected chi connectivity index (χ2v) is 3.95. The maximum atomic E-state index is 5.21. The molecule has 0 saturated carbocycles. The van der Waals surface area contributed by atoms with Crippen LogP contribution in [0.4, 0.5) is 5.69 Å². The van der Waals surface area contributed by atoms with E-state index in [-0.39, 0.29) is 0 Å². The molecule has 5 nitrogen and oxygen atoms in total. The van der Waals surface area contributed by atoms with Crippen molar-refractivity contribution in [2.45, 2.75) is 0 Å². The van der Waals surface area contributed by atoms with Crippen molar-refractivity contribution >= 4 is 29.2 Å². The summed E-state index contributed by atoms with van der Waals surface area (Å²) in [6, 6.07) is 11.1. The average molecular weight is 275 g/mol. The van der Waals surface area contributed by atoms with E-state index in [1.54, 1.807) is 25.5 Å². The van der Waals surface area contributed by atoms with Crippen molar-refractivity contribution in [2.75, 3.05) is 12.4 Å². The molecule has 0 radical (unpaired) electrons. The van der Waals surface area contributed by atoms with E-state index in [9.17, 15) is 0 Å². The molecule has 0 atom stereocenters. The van der Waals surface area contributed by atoms with E-state index >= 15 is 0 Å².